The summed E-state index contributed by atoms with van der Waals surface area (Å²) < 4.78 is 4.49. The van der Waals surface area contributed by atoms with Crippen molar-refractivity contribution in [1.82, 2.24) is 9.38 Å². The molecule has 0 fully saturated rings. The molecule has 132 valence electrons. The molecule has 3 heterocycles. The first-order valence-electron chi connectivity index (χ1n) is 8.78. The maximum absolute atomic E-state index is 4.61. The topological polar surface area (TPSA) is 21.2 Å². The van der Waals surface area contributed by atoms with Crippen molar-refractivity contribution < 1.29 is 17.0 Å². The lowest BCUT2D eigenvalue weighted by Gasteiger charge is -2.06. The Kier molecular flexibility index (Phi) is 4.61. The Hall–Kier alpha value is -3.17. The van der Waals surface area contributed by atoms with Crippen LogP contribution in [0.15, 0.2) is 97.5 Å². The van der Waals surface area contributed by atoms with E-state index in [9.17, 15) is 0 Å². The van der Waals surface area contributed by atoms with Crippen LogP contribution in [0.25, 0.3) is 27.8 Å². The Balaban J connectivity index is 0.00000180. The molecule has 0 bridgehead atoms. The molecule has 0 radical (unpaired) electrons. The standard InChI is InChI=1S/C23H18N3.ClH/c1-3-8-18(9-4-1)17-25-14-15-26-22-20(12-7-13-24-22)16-21(23(25)26)19-10-5-2-6-11-19;/h1-16H,17H2;1H/q+1;/p-1. The highest BCUT2D eigenvalue weighted by atomic mass is 35.5. The van der Waals surface area contributed by atoms with E-state index in [0.717, 1.165) is 23.2 Å². The molecule has 0 unspecified atom stereocenters. The summed E-state index contributed by atoms with van der Waals surface area (Å²) in [5.41, 5.74) is 5.85. The van der Waals surface area contributed by atoms with Crippen molar-refractivity contribution in [1.29, 1.82) is 0 Å². The summed E-state index contributed by atoms with van der Waals surface area (Å²) in [4.78, 5) is 4.61. The summed E-state index contributed by atoms with van der Waals surface area (Å²) in [6.07, 6.45) is 6.11. The summed E-state index contributed by atoms with van der Waals surface area (Å²) in [7, 11) is 0. The van der Waals surface area contributed by atoms with Crippen molar-refractivity contribution in [3.05, 3.63) is 103 Å². The molecule has 0 atom stereocenters. The third-order valence-corrected chi connectivity index (χ3v) is 4.76. The number of fused-ring (bicyclic) bond motifs is 3. The molecule has 0 aliphatic heterocycles. The second kappa shape index (κ2) is 7.22. The van der Waals surface area contributed by atoms with Gasteiger partial charge in [-0.3, -0.25) is 0 Å². The molecular formula is C23H18ClN3. The predicted octanol–water partition coefficient (Wildman–Crippen LogP) is 1.49. The summed E-state index contributed by atoms with van der Waals surface area (Å²) >= 11 is 0. The van der Waals surface area contributed by atoms with E-state index in [-0.39, 0.29) is 12.4 Å². The van der Waals surface area contributed by atoms with Crippen LogP contribution >= 0.6 is 0 Å². The third-order valence-electron chi connectivity index (χ3n) is 4.76. The van der Waals surface area contributed by atoms with E-state index in [1.807, 2.05) is 12.3 Å². The van der Waals surface area contributed by atoms with Crippen molar-refractivity contribution in [3.63, 3.8) is 0 Å². The Bertz CT molecular complexity index is 1200. The molecule has 0 amide bonds. The van der Waals surface area contributed by atoms with E-state index >= 15 is 0 Å². The molecule has 0 N–H and O–H groups in total. The highest BCUT2D eigenvalue weighted by molar-refractivity contribution is 5.88. The van der Waals surface area contributed by atoms with Crippen LogP contribution in [0, 0.1) is 0 Å². The molecule has 0 saturated carbocycles. The van der Waals surface area contributed by atoms with Crippen LogP contribution in [0.2, 0.25) is 0 Å². The quantitative estimate of drug-likeness (QED) is 0.440. The van der Waals surface area contributed by atoms with E-state index in [4.69, 9.17) is 0 Å². The highest BCUT2D eigenvalue weighted by Gasteiger charge is 2.20. The summed E-state index contributed by atoms with van der Waals surface area (Å²) in [5.74, 6) is 0. The van der Waals surface area contributed by atoms with Crippen LogP contribution in [-0.4, -0.2) is 9.38 Å². The summed E-state index contributed by atoms with van der Waals surface area (Å²) in [6, 6.07) is 27.5. The van der Waals surface area contributed by atoms with Gasteiger partial charge in [0.05, 0.1) is 5.56 Å². The molecule has 3 aromatic heterocycles. The maximum atomic E-state index is 4.61. The molecule has 27 heavy (non-hydrogen) atoms. The fraction of sp³-hybridized carbons (Fsp3) is 0.0435. The van der Waals surface area contributed by atoms with E-state index < -0.39 is 0 Å². The van der Waals surface area contributed by atoms with E-state index in [1.54, 1.807) is 0 Å². The molecule has 5 rings (SSSR count). The number of halogens is 1. The number of benzene rings is 2. The first-order chi connectivity index (χ1) is 12.9. The zero-order valence-corrected chi connectivity index (χ0v) is 15.4. The van der Waals surface area contributed by atoms with Gasteiger partial charge in [0.1, 0.15) is 18.9 Å². The molecule has 2 aromatic carbocycles. The van der Waals surface area contributed by atoms with Crippen molar-refractivity contribution in [2.24, 2.45) is 0 Å². The molecule has 0 spiro atoms. The number of nitrogens with zero attached hydrogens (tertiary/aromatic N) is 3. The fourth-order valence-electron chi connectivity index (χ4n) is 3.56. The highest BCUT2D eigenvalue weighted by Crippen LogP contribution is 2.27. The number of pyridine rings is 2. The number of imidazole rings is 1. The van der Waals surface area contributed by atoms with Crippen molar-refractivity contribution in [2.75, 3.05) is 0 Å². The van der Waals surface area contributed by atoms with Crippen molar-refractivity contribution in [3.8, 4) is 11.1 Å². The first kappa shape index (κ1) is 17.3. The van der Waals surface area contributed by atoms with Crippen LogP contribution in [0.4, 0.5) is 0 Å². The van der Waals surface area contributed by atoms with Crippen molar-refractivity contribution in [2.45, 2.75) is 6.54 Å². The summed E-state index contributed by atoms with van der Waals surface area (Å²) in [6.45, 7) is 0.829. The number of hydrogen-bond acceptors (Lipinski definition) is 1. The van der Waals surface area contributed by atoms with Gasteiger partial charge in [0.2, 0.25) is 5.65 Å². The second-order valence-electron chi connectivity index (χ2n) is 6.45. The monoisotopic (exact) mass is 371 g/mol. The largest absolute Gasteiger partial charge is 1.00 e. The van der Waals surface area contributed by atoms with Gasteiger partial charge in [-0.05, 0) is 29.3 Å². The number of rotatable bonds is 3. The SMILES string of the molecule is [Cl-].c1ccc(C[n+]2ccn3c4ncccc4cc(-c4ccccc4)c32)cc1. The van der Waals surface area contributed by atoms with Gasteiger partial charge < -0.3 is 12.4 Å². The van der Waals surface area contributed by atoms with Crippen LogP contribution in [0.1, 0.15) is 5.56 Å². The first-order valence-corrected chi connectivity index (χ1v) is 8.78. The van der Waals surface area contributed by atoms with Gasteiger partial charge in [-0.15, -0.1) is 0 Å². The molecule has 0 aliphatic carbocycles. The third kappa shape index (κ3) is 3.07. The second-order valence-corrected chi connectivity index (χ2v) is 6.45. The van der Waals surface area contributed by atoms with Gasteiger partial charge >= 0.3 is 0 Å². The Morgan fingerprint density at radius 2 is 1.59 bits per heavy atom. The molecule has 0 saturated heterocycles. The molecule has 0 aliphatic rings. The lowest BCUT2D eigenvalue weighted by molar-refractivity contribution is -0.661. The van der Waals surface area contributed by atoms with Crippen LogP contribution in [0.3, 0.4) is 0 Å². The Morgan fingerprint density at radius 1 is 0.852 bits per heavy atom. The van der Waals surface area contributed by atoms with E-state index in [2.05, 4.69) is 99.1 Å². The average Bonchev–Trinajstić information content (AvgIpc) is 3.13. The smallest absolute Gasteiger partial charge is 0.296 e. The minimum atomic E-state index is 0. The molecule has 3 nitrogen and oxygen atoms in total. The normalized spacial score (nSPS) is 10.8. The zero-order chi connectivity index (χ0) is 17.3. The predicted molar refractivity (Wildman–Crippen MR) is 104 cm³/mol. The van der Waals surface area contributed by atoms with E-state index in [1.165, 1.54) is 16.7 Å². The lowest BCUT2D eigenvalue weighted by Crippen LogP contribution is -3.00. The molecule has 5 aromatic rings. The van der Waals surface area contributed by atoms with Gasteiger partial charge in [0.15, 0.2) is 0 Å². The lowest BCUT2D eigenvalue weighted by atomic mass is 10.1. The van der Waals surface area contributed by atoms with Gasteiger partial charge in [-0.25, -0.2) is 9.55 Å². The van der Waals surface area contributed by atoms with Crippen molar-refractivity contribution >= 4 is 16.7 Å². The number of aromatic nitrogens is 3. The molecule has 4 heteroatoms. The zero-order valence-electron chi connectivity index (χ0n) is 14.7. The maximum Gasteiger partial charge on any atom is 0.296 e. The minimum absolute atomic E-state index is 0. The van der Waals surface area contributed by atoms with E-state index in [0.29, 0.717) is 0 Å². The van der Waals surface area contributed by atoms with Gasteiger partial charge in [0.25, 0.3) is 5.65 Å². The van der Waals surface area contributed by atoms with Crippen LogP contribution in [-0.2, 0) is 6.54 Å². The van der Waals surface area contributed by atoms with Gasteiger partial charge in [-0.1, -0.05) is 60.7 Å². The Morgan fingerprint density at radius 3 is 2.37 bits per heavy atom. The van der Waals surface area contributed by atoms with Crippen LogP contribution in [0.5, 0.6) is 0 Å². The fourth-order valence-corrected chi connectivity index (χ4v) is 3.56. The van der Waals surface area contributed by atoms with Crippen LogP contribution < -0.4 is 17.0 Å². The number of hydrogen-bond donors (Lipinski definition) is 0. The summed E-state index contributed by atoms with van der Waals surface area (Å²) in [5, 5.41) is 1.14. The van der Waals surface area contributed by atoms with Gasteiger partial charge in [-0.2, -0.15) is 4.40 Å². The van der Waals surface area contributed by atoms with Gasteiger partial charge in [0, 0.05) is 11.6 Å². The minimum Gasteiger partial charge on any atom is -1.00 e. The Labute approximate surface area is 164 Å². The average molecular weight is 372 g/mol. The molecular weight excluding hydrogens is 354 g/mol.